The van der Waals surface area contributed by atoms with Crippen LogP contribution in [0.25, 0.3) is 21.8 Å². The van der Waals surface area contributed by atoms with Crippen LogP contribution < -0.4 is 36.5 Å². The molecule has 0 saturated carbocycles. The molecule has 0 aromatic carbocycles. The summed E-state index contributed by atoms with van der Waals surface area (Å²) in [5.41, 5.74) is 2.29. The predicted molar refractivity (Wildman–Crippen MR) is 236 cm³/mol. The second-order valence-corrected chi connectivity index (χ2v) is 14.7. The summed E-state index contributed by atoms with van der Waals surface area (Å²) in [6.07, 6.45) is 9.28. The molecule has 6 aromatic rings. The fourth-order valence-electron chi connectivity index (χ4n) is 7.45. The molecule has 0 amide bonds. The molecule has 18 heteroatoms. The molecule has 9 rings (SSSR count). The maximum absolute atomic E-state index is 12.6. The van der Waals surface area contributed by atoms with E-state index in [1.54, 1.807) is 18.6 Å². The lowest BCUT2D eigenvalue weighted by molar-refractivity contribution is -0.00544. The summed E-state index contributed by atoms with van der Waals surface area (Å²) >= 11 is 0. The molecule has 2 unspecified atom stereocenters. The average molecular weight is 819 g/mol. The van der Waals surface area contributed by atoms with Crippen LogP contribution in [0.5, 0.6) is 0 Å². The number of nitrogens with zero attached hydrogens (tertiary/aromatic N) is 10. The van der Waals surface area contributed by atoms with Gasteiger partial charge in [0.05, 0.1) is 72.9 Å². The number of aromatic nitrogens is 8. The van der Waals surface area contributed by atoms with Gasteiger partial charge in [0.2, 0.25) is 0 Å². The van der Waals surface area contributed by atoms with Gasteiger partial charge in [0.1, 0.15) is 39.9 Å². The van der Waals surface area contributed by atoms with Crippen LogP contribution in [-0.4, -0.2) is 130 Å². The number of ether oxygens (including phenoxy) is 2. The van der Waals surface area contributed by atoms with E-state index in [1.807, 2.05) is 64.1 Å². The van der Waals surface area contributed by atoms with Crippen molar-refractivity contribution < 1.29 is 9.47 Å². The van der Waals surface area contributed by atoms with Gasteiger partial charge in [0, 0.05) is 64.1 Å². The molecule has 0 spiro atoms. The Hall–Kier alpha value is -6.24. The van der Waals surface area contributed by atoms with Gasteiger partial charge >= 0.3 is 0 Å². The number of rotatable bonds is 7. The van der Waals surface area contributed by atoms with Crippen LogP contribution in [0.3, 0.4) is 0 Å². The number of hydrogen-bond donors (Lipinski definition) is 4. The van der Waals surface area contributed by atoms with Crippen molar-refractivity contribution in [3.8, 4) is 0 Å². The average Bonchev–Trinajstić information content (AvgIpc) is 3.49. The first kappa shape index (κ1) is 41.9. The van der Waals surface area contributed by atoms with Crippen molar-refractivity contribution in [2.45, 2.75) is 46.3 Å². The van der Waals surface area contributed by atoms with Crippen molar-refractivity contribution in [3.63, 3.8) is 0 Å². The molecule has 6 aromatic heterocycles. The van der Waals surface area contributed by atoms with Gasteiger partial charge in [-0.1, -0.05) is 13.8 Å². The van der Waals surface area contributed by atoms with Crippen molar-refractivity contribution in [2.75, 3.05) is 98.0 Å². The molecule has 60 heavy (non-hydrogen) atoms. The maximum Gasteiger partial charge on any atom is 0.262 e. The minimum Gasteiger partial charge on any atom is -0.378 e. The van der Waals surface area contributed by atoms with Crippen LogP contribution in [-0.2, 0) is 9.47 Å². The number of fused-ring (bicyclic) bond motifs is 2. The lowest BCUT2D eigenvalue weighted by atomic mass is 10.2. The van der Waals surface area contributed by atoms with E-state index in [4.69, 9.17) is 19.4 Å². The van der Waals surface area contributed by atoms with Crippen molar-refractivity contribution in [2.24, 2.45) is 0 Å². The van der Waals surface area contributed by atoms with Crippen LogP contribution in [0, 0.1) is 0 Å². The summed E-state index contributed by atoms with van der Waals surface area (Å²) in [6.45, 7) is 16.5. The van der Waals surface area contributed by atoms with Gasteiger partial charge in [-0.25, -0.2) is 24.9 Å². The largest absolute Gasteiger partial charge is 0.378 e. The first-order valence-electron chi connectivity index (χ1n) is 20.6. The number of likely N-dealkylation sites (N-methyl/N-ethyl adjacent to an activating group) is 1. The highest BCUT2D eigenvalue weighted by atomic mass is 16.5. The smallest absolute Gasteiger partial charge is 0.262 e. The zero-order chi connectivity index (χ0) is 42.0. The van der Waals surface area contributed by atoms with Crippen molar-refractivity contribution in [1.29, 1.82) is 0 Å². The molecule has 2 atom stereocenters. The highest BCUT2D eigenvalue weighted by Crippen LogP contribution is 2.29. The fourth-order valence-corrected chi connectivity index (χ4v) is 7.45. The first-order valence-corrected chi connectivity index (χ1v) is 20.6. The second kappa shape index (κ2) is 19.7. The maximum atomic E-state index is 12.6. The quantitative estimate of drug-likeness (QED) is 0.175. The van der Waals surface area contributed by atoms with Crippen LogP contribution >= 0.6 is 0 Å². The molecular formula is C42H54N14O4. The van der Waals surface area contributed by atoms with E-state index < -0.39 is 0 Å². The highest BCUT2D eigenvalue weighted by molar-refractivity contribution is 5.93. The van der Waals surface area contributed by atoms with Gasteiger partial charge in [0.15, 0.2) is 0 Å². The predicted octanol–water partition coefficient (Wildman–Crippen LogP) is 4.53. The Kier molecular flexibility index (Phi) is 13.7. The Morgan fingerprint density at radius 1 is 0.683 bits per heavy atom. The third-order valence-electron chi connectivity index (χ3n) is 10.3. The van der Waals surface area contributed by atoms with Gasteiger partial charge in [-0.3, -0.25) is 14.6 Å². The molecule has 0 aliphatic carbocycles. The minimum absolute atomic E-state index is 0.109. The van der Waals surface area contributed by atoms with Crippen molar-refractivity contribution in [1.82, 2.24) is 44.8 Å². The van der Waals surface area contributed by atoms with Crippen LogP contribution in [0.15, 0.2) is 77.2 Å². The molecule has 0 radical (unpaired) electrons. The Morgan fingerprint density at radius 3 is 1.87 bits per heavy atom. The molecule has 3 fully saturated rings. The molecule has 9 heterocycles. The Balaban J connectivity index is 0.000000178. The van der Waals surface area contributed by atoms with Gasteiger partial charge < -0.3 is 49.7 Å². The summed E-state index contributed by atoms with van der Waals surface area (Å²) < 4.78 is 11.2. The van der Waals surface area contributed by atoms with Crippen molar-refractivity contribution in [3.05, 3.63) is 88.4 Å². The zero-order valence-electron chi connectivity index (χ0n) is 34.9. The molecule has 3 aliphatic rings. The lowest BCUT2D eigenvalue weighted by Crippen LogP contribution is -2.45. The molecule has 316 valence electrons. The van der Waals surface area contributed by atoms with E-state index in [0.717, 1.165) is 87.6 Å². The third kappa shape index (κ3) is 10.1. The zero-order valence-corrected chi connectivity index (χ0v) is 34.9. The summed E-state index contributed by atoms with van der Waals surface area (Å²) in [5, 5.41) is 7.38. The van der Waals surface area contributed by atoms with Crippen LogP contribution in [0.2, 0.25) is 0 Å². The Morgan fingerprint density at radius 2 is 1.28 bits per heavy atom. The van der Waals surface area contributed by atoms with E-state index in [0.29, 0.717) is 46.7 Å². The number of hydrogen-bond acceptors (Lipinski definition) is 16. The number of anilines is 7. The molecule has 3 aliphatic heterocycles. The summed E-state index contributed by atoms with van der Waals surface area (Å²) in [4.78, 5) is 66.2. The van der Waals surface area contributed by atoms with Crippen LogP contribution in [0.4, 0.5) is 40.5 Å². The molecular weight excluding hydrogens is 765 g/mol. The van der Waals surface area contributed by atoms with E-state index in [-0.39, 0.29) is 23.3 Å². The lowest BCUT2D eigenvalue weighted by Gasteiger charge is -2.36. The standard InChI is InChI=1S/C22H28N8O2.C18H20N6O2.C2H6/c1-28-5-2-6-29(8-7-28)19-13-17-20(22(31)25-15-24-17)21(27-19)26-16-3-4-18(23-14-16)30-9-11-32-12-10-30;1-11-8-24(9-12(2)26-11)15-6-14-16(18(25)21-10-20-14)17(23-15)22-13-4-3-5-19-7-13;1-2/h3-4,13-15H,2,5-12H2,1H3,(H,26,27)(H,24,25,31);3-7,10-12H,8-9H2,1-2H3,(H,22,23)(H,20,21,25);1-2H3. The summed E-state index contributed by atoms with van der Waals surface area (Å²) in [5.74, 6) is 3.46. The van der Waals surface area contributed by atoms with Gasteiger partial charge in [-0.05, 0) is 58.1 Å². The van der Waals surface area contributed by atoms with E-state index >= 15 is 0 Å². The normalized spacial score (nSPS) is 18.5. The summed E-state index contributed by atoms with van der Waals surface area (Å²) in [6, 6.07) is 11.4. The molecule has 3 saturated heterocycles. The monoisotopic (exact) mass is 818 g/mol. The topological polar surface area (TPSA) is 199 Å². The fraction of sp³-hybridized carbons (Fsp3) is 0.429. The van der Waals surface area contributed by atoms with E-state index in [9.17, 15) is 9.59 Å². The minimum atomic E-state index is -0.232. The molecule has 4 N–H and O–H groups in total. The highest BCUT2D eigenvalue weighted by Gasteiger charge is 2.25. The Bertz CT molecular complexity index is 2430. The number of morpholine rings is 2. The first-order chi connectivity index (χ1) is 29.3. The van der Waals surface area contributed by atoms with Gasteiger partial charge in [0.25, 0.3) is 11.1 Å². The molecule has 0 bridgehead atoms. The number of pyridine rings is 4. The second-order valence-electron chi connectivity index (χ2n) is 14.7. The van der Waals surface area contributed by atoms with E-state index in [1.165, 1.54) is 12.7 Å². The number of aromatic amines is 2. The van der Waals surface area contributed by atoms with Gasteiger partial charge in [-0.2, -0.15) is 0 Å². The SMILES string of the molecule is CC.CC1CN(c2cc3nc[nH]c(=O)c3c(Nc3cccnc3)n2)CC(C)O1.CN1CCCN(c2cc3nc[nH]c(=O)c3c(Nc3ccc(N4CCOCC4)nc3)n2)CC1. The Labute approximate surface area is 348 Å². The molecule has 18 nitrogen and oxygen atoms in total. The van der Waals surface area contributed by atoms with Gasteiger partial charge in [-0.15, -0.1) is 0 Å². The van der Waals surface area contributed by atoms with Crippen LogP contribution in [0.1, 0.15) is 34.1 Å². The third-order valence-corrected chi connectivity index (χ3v) is 10.3. The number of nitrogens with one attached hydrogen (secondary N) is 4. The van der Waals surface area contributed by atoms with E-state index in [2.05, 4.69) is 67.2 Å². The number of H-pyrrole nitrogens is 2. The van der Waals surface area contributed by atoms with Crippen molar-refractivity contribution >= 4 is 62.3 Å². The summed E-state index contributed by atoms with van der Waals surface area (Å²) in [7, 11) is 2.14.